The van der Waals surface area contributed by atoms with Gasteiger partial charge in [0.2, 0.25) is 0 Å². The van der Waals surface area contributed by atoms with Crippen molar-refractivity contribution in [3.8, 4) is 22.9 Å². The summed E-state index contributed by atoms with van der Waals surface area (Å²) in [6, 6.07) is 5.29. The van der Waals surface area contributed by atoms with Crippen molar-refractivity contribution in [3.05, 3.63) is 29.8 Å². The average Bonchev–Trinajstić information content (AvgIpc) is 2.68. The van der Waals surface area contributed by atoms with Gasteiger partial charge in [-0.15, -0.1) is 0 Å². The Morgan fingerprint density at radius 3 is 1.54 bits per heavy atom. The Labute approximate surface area is 210 Å². The number of rotatable bonds is 4. The summed E-state index contributed by atoms with van der Waals surface area (Å²) < 4.78 is 5.29. The third-order valence-corrected chi connectivity index (χ3v) is 7.23. The molecule has 0 spiro atoms. The fourth-order valence-corrected chi connectivity index (χ4v) is 6.73. The minimum absolute atomic E-state index is 0.0274. The lowest BCUT2D eigenvalue weighted by molar-refractivity contribution is 0.153. The van der Waals surface area contributed by atoms with Crippen molar-refractivity contribution in [3.63, 3.8) is 0 Å². The third kappa shape index (κ3) is 5.95. The number of benzene rings is 1. The van der Waals surface area contributed by atoms with Crippen LogP contribution in [-0.4, -0.2) is 49.3 Å². The number of aromatic nitrogens is 3. The Kier molecular flexibility index (Phi) is 6.42. The summed E-state index contributed by atoms with van der Waals surface area (Å²) in [5.41, 5.74) is 0.497. The summed E-state index contributed by atoms with van der Waals surface area (Å²) in [4.78, 5) is 15.1. The van der Waals surface area contributed by atoms with E-state index in [-0.39, 0.29) is 39.7 Å². The summed E-state index contributed by atoms with van der Waals surface area (Å²) in [6.45, 7) is 18.0. The number of piperidine rings is 2. The number of hydrogen-bond donors (Lipinski definition) is 3. The van der Waals surface area contributed by atoms with Crippen molar-refractivity contribution in [1.29, 1.82) is 0 Å². The molecule has 1 aromatic heterocycles. The number of methoxy groups -OCH3 is 1. The Hall–Kier alpha value is -2.25. The first-order valence-corrected chi connectivity index (χ1v) is 12.8. The molecule has 1 aromatic carbocycles. The zero-order valence-corrected chi connectivity index (χ0v) is 22.9. The van der Waals surface area contributed by atoms with E-state index in [9.17, 15) is 5.11 Å². The van der Waals surface area contributed by atoms with E-state index < -0.39 is 0 Å². The molecule has 0 bridgehead atoms. The van der Waals surface area contributed by atoms with Gasteiger partial charge in [0.15, 0.2) is 5.82 Å². The molecule has 0 aliphatic carbocycles. The molecule has 0 saturated carbocycles. The van der Waals surface area contributed by atoms with Crippen LogP contribution in [0.5, 0.6) is 11.5 Å². The minimum Gasteiger partial charge on any atom is -0.507 e. The standard InChI is InChI=1S/C28H43N5O2/c1-25(2)13-17(14-26(3,4)32-25)22-29-23(18-15-27(5,6)33-28(7,8)16-18)31-24(30-22)20-11-10-19(35-9)12-21(20)34/h10-12,17-18,32-34H,13-16H2,1-9H3. The number of nitrogens with zero attached hydrogens (tertiary/aromatic N) is 3. The maximum absolute atomic E-state index is 10.8. The number of nitrogens with one attached hydrogen (secondary N) is 2. The summed E-state index contributed by atoms with van der Waals surface area (Å²) in [5, 5.41) is 18.3. The zero-order chi connectivity index (χ0) is 25.8. The van der Waals surface area contributed by atoms with E-state index in [1.165, 1.54) is 0 Å². The maximum Gasteiger partial charge on any atom is 0.167 e. The Morgan fingerprint density at radius 2 is 1.17 bits per heavy atom. The Morgan fingerprint density at radius 1 is 0.743 bits per heavy atom. The zero-order valence-electron chi connectivity index (χ0n) is 22.9. The molecular weight excluding hydrogens is 438 g/mol. The number of phenols is 1. The molecule has 0 amide bonds. The molecule has 2 aromatic rings. The van der Waals surface area contributed by atoms with Crippen LogP contribution < -0.4 is 15.4 Å². The second-order valence-electron chi connectivity index (χ2n) is 13.3. The van der Waals surface area contributed by atoms with Crippen molar-refractivity contribution >= 4 is 0 Å². The quantitative estimate of drug-likeness (QED) is 0.546. The van der Waals surface area contributed by atoms with Gasteiger partial charge in [0, 0.05) is 40.1 Å². The molecule has 4 rings (SSSR count). The lowest BCUT2D eigenvalue weighted by Crippen LogP contribution is -2.57. The van der Waals surface area contributed by atoms with Gasteiger partial charge in [0.25, 0.3) is 0 Å². The lowest BCUT2D eigenvalue weighted by Gasteiger charge is -2.47. The smallest absolute Gasteiger partial charge is 0.167 e. The van der Waals surface area contributed by atoms with Crippen molar-refractivity contribution in [2.45, 2.75) is 115 Å². The molecule has 192 valence electrons. The summed E-state index contributed by atoms with van der Waals surface area (Å²) in [5.74, 6) is 3.31. The second-order valence-corrected chi connectivity index (χ2v) is 13.3. The highest BCUT2D eigenvalue weighted by Gasteiger charge is 2.42. The molecular formula is C28H43N5O2. The number of aromatic hydroxyl groups is 1. The van der Waals surface area contributed by atoms with E-state index in [1.807, 2.05) is 12.1 Å². The predicted octanol–water partition coefficient (Wildman–Crippen LogP) is 5.30. The minimum atomic E-state index is -0.0274. The summed E-state index contributed by atoms with van der Waals surface area (Å²) in [6.07, 6.45) is 3.77. The summed E-state index contributed by atoms with van der Waals surface area (Å²) in [7, 11) is 1.59. The van der Waals surface area contributed by atoms with Gasteiger partial charge in [-0.2, -0.15) is 0 Å². The number of ether oxygens (including phenoxy) is 1. The SMILES string of the molecule is COc1ccc(-c2nc(C3CC(C)(C)NC(C)(C)C3)nc(C3CC(C)(C)NC(C)(C)C3)n2)c(O)c1. The first-order valence-electron chi connectivity index (χ1n) is 12.8. The van der Waals surface area contributed by atoms with Gasteiger partial charge in [-0.3, -0.25) is 0 Å². The van der Waals surface area contributed by atoms with Crippen LogP contribution in [0.2, 0.25) is 0 Å². The van der Waals surface area contributed by atoms with Gasteiger partial charge in [-0.05, 0) is 93.2 Å². The van der Waals surface area contributed by atoms with E-state index in [1.54, 1.807) is 13.2 Å². The van der Waals surface area contributed by atoms with Gasteiger partial charge in [-0.1, -0.05) is 0 Å². The maximum atomic E-state index is 10.8. The molecule has 0 unspecified atom stereocenters. The highest BCUT2D eigenvalue weighted by atomic mass is 16.5. The first kappa shape index (κ1) is 25.8. The Bertz CT molecular complexity index is 1000. The van der Waals surface area contributed by atoms with E-state index in [4.69, 9.17) is 19.7 Å². The highest BCUT2D eigenvalue weighted by molar-refractivity contribution is 5.65. The molecule has 2 aliphatic heterocycles. The highest BCUT2D eigenvalue weighted by Crippen LogP contribution is 2.42. The fraction of sp³-hybridized carbons (Fsp3) is 0.679. The van der Waals surface area contributed by atoms with E-state index in [2.05, 4.69) is 66.0 Å². The average molecular weight is 482 g/mol. The van der Waals surface area contributed by atoms with Crippen molar-refractivity contribution in [1.82, 2.24) is 25.6 Å². The molecule has 3 heterocycles. The van der Waals surface area contributed by atoms with E-state index in [0.717, 1.165) is 37.3 Å². The van der Waals surface area contributed by atoms with Gasteiger partial charge in [0.1, 0.15) is 23.1 Å². The molecule has 7 nitrogen and oxygen atoms in total. The van der Waals surface area contributed by atoms with Crippen LogP contribution in [0.1, 0.15) is 105 Å². The van der Waals surface area contributed by atoms with Gasteiger partial charge in [0.05, 0.1) is 12.7 Å². The molecule has 35 heavy (non-hydrogen) atoms. The number of phenolic OH excluding ortho intramolecular Hbond substituents is 1. The molecule has 0 atom stereocenters. The Balaban J connectivity index is 1.83. The van der Waals surface area contributed by atoms with E-state index in [0.29, 0.717) is 17.1 Å². The van der Waals surface area contributed by atoms with E-state index >= 15 is 0 Å². The van der Waals surface area contributed by atoms with Crippen molar-refractivity contribution in [2.75, 3.05) is 7.11 Å². The normalized spacial score (nSPS) is 23.7. The van der Waals surface area contributed by atoms with Crippen LogP contribution in [0.15, 0.2) is 18.2 Å². The number of hydrogen-bond acceptors (Lipinski definition) is 7. The van der Waals surface area contributed by atoms with Gasteiger partial charge >= 0.3 is 0 Å². The largest absolute Gasteiger partial charge is 0.507 e. The van der Waals surface area contributed by atoms with Crippen LogP contribution in [0.4, 0.5) is 0 Å². The topological polar surface area (TPSA) is 92.2 Å². The van der Waals surface area contributed by atoms with Gasteiger partial charge < -0.3 is 20.5 Å². The molecule has 2 fully saturated rings. The monoisotopic (exact) mass is 481 g/mol. The molecule has 0 radical (unpaired) electrons. The molecule has 7 heteroatoms. The lowest BCUT2D eigenvalue weighted by atomic mass is 9.75. The molecule has 3 N–H and O–H groups in total. The van der Waals surface area contributed by atoms with Crippen LogP contribution in [0, 0.1) is 0 Å². The second kappa shape index (κ2) is 8.70. The molecule has 2 aliphatic rings. The predicted molar refractivity (Wildman–Crippen MR) is 140 cm³/mol. The third-order valence-electron chi connectivity index (χ3n) is 7.23. The summed E-state index contributed by atoms with van der Waals surface area (Å²) >= 11 is 0. The van der Waals surface area contributed by atoms with Crippen LogP contribution >= 0.6 is 0 Å². The first-order chi connectivity index (χ1) is 16.1. The van der Waals surface area contributed by atoms with Crippen molar-refractivity contribution in [2.24, 2.45) is 0 Å². The van der Waals surface area contributed by atoms with Crippen LogP contribution in [0.3, 0.4) is 0 Å². The van der Waals surface area contributed by atoms with Crippen LogP contribution in [-0.2, 0) is 0 Å². The van der Waals surface area contributed by atoms with Crippen LogP contribution in [0.25, 0.3) is 11.4 Å². The molecule has 2 saturated heterocycles. The fourth-order valence-electron chi connectivity index (χ4n) is 6.73. The van der Waals surface area contributed by atoms with Gasteiger partial charge in [-0.25, -0.2) is 15.0 Å². The van der Waals surface area contributed by atoms with Crippen molar-refractivity contribution < 1.29 is 9.84 Å².